The number of carbonyl (C=O) groups is 1. The normalized spacial score (nSPS) is 14.5. The van der Waals surface area contributed by atoms with Crippen molar-refractivity contribution in [2.45, 2.75) is 12.8 Å². The van der Waals surface area contributed by atoms with E-state index in [1.807, 2.05) is 0 Å². The Hall–Kier alpha value is -3.21. The van der Waals surface area contributed by atoms with Gasteiger partial charge in [0, 0.05) is 37.7 Å². The lowest BCUT2D eigenvalue weighted by Gasteiger charge is -2.32. The van der Waals surface area contributed by atoms with Crippen LogP contribution in [0.25, 0.3) is 0 Å². The molecule has 1 aromatic carbocycles. The summed E-state index contributed by atoms with van der Waals surface area (Å²) < 4.78 is 12.9. The molecule has 0 unspecified atom stereocenters. The van der Waals surface area contributed by atoms with Gasteiger partial charge in [0.15, 0.2) is 11.5 Å². The standard InChI is InChI=1S/C18H19FN6O/c19-14-1-3-15(4-2-14)24-18(26)23-12-13-5-9-25(10-6-13)17-16(11-20)21-7-8-22-17/h1-4,7-8,13H,5-6,9-10,12H2,(H2,23,24,26). The van der Waals surface area contributed by atoms with Crippen LogP contribution in [0.3, 0.4) is 0 Å². The molecule has 7 nitrogen and oxygen atoms in total. The highest BCUT2D eigenvalue weighted by molar-refractivity contribution is 5.89. The van der Waals surface area contributed by atoms with Crippen LogP contribution in [0.4, 0.5) is 20.7 Å². The molecule has 1 fully saturated rings. The molecular formula is C18H19FN6O. The number of piperidine rings is 1. The first-order valence-electron chi connectivity index (χ1n) is 8.42. The lowest BCUT2D eigenvalue weighted by atomic mass is 9.97. The summed E-state index contributed by atoms with van der Waals surface area (Å²) in [5, 5.41) is 14.7. The Labute approximate surface area is 150 Å². The molecule has 1 aliphatic heterocycles. The SMILES string of the molecule is N#Cc1nccnc1N1CCC(CNC(=O)Nc2ccc(F)cc2)CC1. The predicted molar refractivity (Wildman–Crippen MR) is 95.1 cm³/mol. The average Bonchev–Trinajstić information content (AvgIpc) is 2.68. The number of nitrogens with one attached hydrogen (secondary N) is 2. The summed E-state index contributed by atoms with van der Waals surface area (Å²) in [4.78, 5) is 22.3. The van der Waals surface area contributed by atoms with Gasteiger partial charge in [-0.2, -0.15) is 5.26 Å². The lowest BCUT2D eigenvalue weighted by molar-refractivity contribution is 0.248. The summed E-state index contributed by atoms with van der Waals surface area (Å²) in [6.07, 6.45) is 4.87. The first kappa shape index (κ1) is 17.6. The Morgan fingerprint density at radius 3 is 2.62 bits per heavy atom. The van der Waals surface area contributed by atoms with E-state index in [0.717, 1.165) is 25.9 Å². The van der Waals surface area contributed by atoms with E-state index in [0.29, 0.717) is 29.7 Å². The molecule has 0 aliphatic carbocycles. The van der Waals surface area contributed by atoms with Gasteiger partial charge >= 0.3 is 6.03 Å². The van der Waals surface area contributed by atoms with E-state index in [1.54, 1.807) is 6.20 Å². The maximum atomic E-state index is 12.9. The minimum absolute atomic E-state index is 0.306. The first-order valence-corrected chi connectivity index (χ1v) is 8.42. The van der Waals surface area contributed by atoms with Gasteiger partial charge in [0.2, 0.25) is 0 Å². The molecule has 0 bridgehead atoms. The monoisotopic (exact) mass is 354 g/mol. The summed E-state index contributed by atoms with van der Waals surface area (Å²) in [5.74, 6) is 0.633. The number of rotatable bonds is 4. The van der Waals surface area contributed by atoms with Gasteiger partial charge in [-0.3, -0.25) is 0 Å². The van der Waals surface area contributed by atoms with Crippen molar-refractivity contribution in [2.75, 3.05) is 29.9 Å². The number of anilines is 2. The third-order valence-electron chi connectivity index (χ3n) is 4.35. The summed E-state index contributed by atoms with van der Waals surface area (Å²) in [5.41, 5.74) is 0.883. The summed E-state index contributed by atoms with van der Waals surface area (Å²) in [7, 11) is 0. The zero-order valence-corrected chi connectivity index (χ0v) is 14.2. The fourth-order valence-electron chi connectivity index (χ4n) is 2.94. The molecule has 0 spiro atoms. The molecule has 8 heteroatoms. The molecule has 134 valence electrons. The number of benzene rings is 1. The van der Waals surface area contributed by atoms with Crippen molar-refractivity contribution < 1.29 is 9.18 Å². The Kier molecular flexibility index (Phi) is 5.59. The number of nitriles is 1. The fraction of sp³-hybridized carbons (Fsp3) is 0.333. The molecular weight excluding hydrogens is 335 g/mol. The predicted octanol–water partition coefficient (Wildman–Crippen LogP) is 2.53. The number of carbonyl (C=O) groups excluding carboxylic acids is 1. The topological polar surface area (TPSA) is 93.9 Å². The number of halogens is 1. The molecule has 26 heavy (non-hydrogen) atoms. The van der Waals surface area contributed by atoms with Crippen LogP contribution in [0, 0.1) is 23.1 Å². The third-order valence-corrected chi connectivity index (χ3v) is 4.35. The molecule has 2 aromatic rings. The number of aromatic nitrogens is 2. The first-order chi connectivity index (χ1) is 12.7. The average molecular weight is 354 g/mol. The largest absolute Gasteiger partial charge is 0.354 e. The Bertz CT molecular complexity index is 796. The molecule has 1 aromatic heterocycles. The van der Waals surface area contributed by atoms with Gasteiger partial charge in [0.1, 0.15) is 11.9 Å². The third kappa shape index (κ3) is 4.45. The van der Waals surface area contributed by atoms with Crippen molar-refractivity contribution in [1.82, 2.24) is 15.3 Å². The highest BCUT2D eigenvalue weighted by Crippen LogP contribution is 2.22. The van der Waals surface area contributed by atoms with Gasteiger partial charge in [-0.25, -0.2) is 19.2 Å². The zero-order chi connectivity index (χ0) is 18.4. The van der Waals surface area contributed by atoms with Crippen molar-refractivity contribution in [1.29, 1.82) is 5.26 Å². The van der Waals surface area contributed by atoms with Crippen LogP contribution in [-0.2, 0) is 0 Å². The van der Waals surface area contributed by atoms with Crippen molar-refractivity contribution >= 4 is 17.5 Å². The highest BCUT2D eigenvalue weighted by atomic mass is 19.1. The van der Waals surface area contributed by atoms with Crippen molar-refractivity contribution in [3.63, 3.8) is 0 Å². The minimum Gasteiger partial charge on any atom is -0.354 e. The summed E-state index contributed by atoms with van der Waals surface area (Å²) in [6.45, 7) is 2.09. The van der Waals surface area contributed by atoms with Crippen LogP contribution in [-0.4, -0.2) is 35.6 Å². The van der Waals surface area contributed by atoms with Crippen molar-refractivity contribution in [2.24, 2.45) is 5.92 Å². The number of nitrogens with zero attached hydrogens (tertiary/aromatic N) is 4. The van der Waals surface area contributed by atoms with Crippen LogP contribution < -0.4 is 15.5 Å². The number of amides is 2. The minimum atomic E-state index is -0.342. The fourth-order valence-corrected chi connectivity index (χ4v) is 2.94. The van der Waals surface area contributed by atoms with E-state index < -0.39 is 0 Å². The van der Waals surface area contributed by atoms with Gasteiger partial charge in [-0.05, 0) is 43.0 Å². The maximum absolute atomic E-state index is 12.9. The van der Waals surface area contributed by atoms with Gasteiger partial charge in [-0.1, -0.05) is 0 Å². The summed E-state index contributed by atoms with van der Waals surface area (Å²) in [6, 6.07) is 7.39. The quantitative estimate of drug-likeness (QED) is 0.880. The van der Waals surface area contributed by atoms with Crippen LogP contribution in [0.1, 0.15) is 18.5 Å². The highest BCUT2D eigenvalue weighted by Gasteiger charge is 2.22. The Morgan fingerprint density at radius 1 is 1.23 bits per heavy atom. The van der Waals surface area contributed by atoms with Gasteiger partial charge in [-0.15, -0.1) is 0 Å². The second-order valence-corrected chi connectivity index (χ2v) is 6.11. The summed E-state index contributed by atoms with van der Waals surface area (Å²) >= 11 is 0. The smallest absolute Gasteiger partial charge is 0.319 e. The molecule has 1 aliphatic rings. The van der Waals surface area contributed by atoms with E-state index in [-0.39, 0.29) is 11.8 Å². The number of urea groups is 1. The van der Waals surface area contributed by atoms with Gasteiger partial charge in [0.25, 0.3) is 0 Å². The Morgan fingerprint density at radius 2 is 1.92 bits per heavy atom. The molecule has 1 saturated heterocycles. The van der Waals surface area contributed by atoms with Crippen molar-refractivity contribution in [3.8, 4) is 6.07 Å². The van der Waals surface area contributed by atoms with Crippen LogP contribution in [0.15, 0.2) is 36.7 Å². The molecule has 3 rings (SSSR count). The van der Waals surface area contributed by atoms with Gasteiger partial charge in [0.05, 0.1) is 0 Å². The van der Waals surface area contributed by atoms with E-state index >= 15 is 0 Å². The van der Waals surface area contributed by atoms with Gasteiger partial charge < -0.3 is 15.5 Å². The van der Waals surface area contributed by atoms with E-state index in [4.69, 9.17) is 5.26 Å². The second-order valence-electron chi connectivity index (χ2n) is 6.11. The van der Waals surface area contributed by atoms with E-state index in [1.165, 1.54) is 30.5 Å². The Balaban J connectivity index is 1.45. The molecule has 2 heterocycles. The van der Waals surface area contributed by atoms with E-state index in [2.05, 4.69) is 31.6 Å². The van der Waals surface area contributed by atoms with Crippen LogP contribution in [0.5, 0.6) is 0 Å². The molecule has 0 radical (unpaired) electrons. The lowest BCUT2D eigenvalue weighted by Crippen LogP contribution is -2.40. The van der Waals surface area contributed by atoms with Crippen molar-refractivity contribution in [3.05, 3.63) is 48.2 Å². The zero-order valence-electron chi connectivity index (χ0n) is 14.2. The maximum Gasteiger partial charge on any atom is 0.319 e. The van der Waals surface area contributed by atoms with Crippen LogP contribution >= 0.6 is 0 Å². The molecule has 0 saturated carbocycles. The molecule has 2 amide bonds. The van der Waals surface area contributed by atoms with E-state index in [9.17, 15) is 9.18 Å². The van der Waals surface area contributed by atoms with Crippen LogP contribution in [0.2, 0.25) is 0 Å². The second kappa shape index (κ2) is 8.25. The molecule has 2 N–H and O–H groups in total. The number of hydrogen-bond donors (Lipinski definition) is 2. The molecule has 0 atom stereocenters. The number of hydrogen-bond acceptors (Lipinski definition) is 5.